The first-order valence-corrected chi connectivity index (χ1v) is 8.95. The second-order valence-corrected chi connectivity index (χ2v) is 7.06. The first kappa shape index (κ1) is 16.4. The van der Waals surface area contributed by atoms with Crippen molar-refractivity contribution in [1.82, 2.24) is 14.7 Å². The van der Waals surface area contributed by atoms with Crippen molar-refractivity contribution >= 4 is 23.2 Å². The van der Waals surface area contributed by atoms with Crippen LogP contribution in [0.3, 0.4) is 0 Å². The van der Waals surface area contributed by atoms with Crippen molar-refractivity contribution in [1.29, 1.82) is 0 Å². The average Bonchev–Trinajstić information content (AvgIpc) is 3.17. The fraction of sp³-hybridized carbons (Fsp3) is 0.625. The van der Waals surface area contributed by atoms with Gasteiger partial charge in [-0.3, -0.25) is 14.5 Å². The van der Waals surface area contributed by atoms with E-state index < -0.39 is 6.10 Å². The summed E-state index contributed by atoms with van der Waals surface area (Å²) in [7, 11) is 0. The topological polar surface area (TPSA) is 64.1 Å². The summed E-state index contributed by atoms with van der Waals surface area (Å²) in [6.45, 7) is 5.47. The van der Waals surface area contributed by atoms with Gasteiger partial charge in [0.2, 0.25) is 11.8 Å². The minimum Gasteiger partial charge on any atom is -0.390 e. The third kappa shape index (κ3) is 3.73. The number of rotatable bonds is 3. The molecule has 2 saturated heterocycles. The summed E-state index contributed by atoms with van der Waals surface area (Å²) in [5.74, 6) is 0.177. The standard InChI is InChI=1S/C16H23N3O3S/c1-12(20)17-3-5-18(6-4-17)14-9-19(10-15(14)21)16(22)8-13-2-7-23-11-13/h2,7,11,14-15,21H,3-6,8-10H2,1H3/t14-,15-/m1/s1. The van der Waals surface area contributed by atoms with Crippen LogP contribution in [0.4, 0.5) is 0 Å². The first-order valence-electron chi connectivity index (χ1n) is 8.01. The van der Waals surface area contributed by atoms with Crippen LogP contribution >= 0.6 is 11.3 Å². The summed E-state index contributed by atoms with van der Waals surface area (Å²) in [6.07, 6.45) is -0.105. The molecule has 0 saturated carbocycles. The van der Waals surface area contributed by atoms with E-state index in [4.69, 9.17) is 0 Å². The van der Waals surface area contributed by atoms with Gasteiger partial charge in [0.1, 0.15) is 0 Å². The number of amides is 2. The summed E-state index contributed by atoms with van der Waals surface area (Å²) < 4.78 is 0. The molecule has 1 aromatic heterocycles. The number of aliphatic hydroxyl groups is 1. The molecule has 2 fully saturated rings. The van der Waals surface area contributed by atoms with Gasteiger partial charge in [-0.15, -0.1) is 0 Å². The molecule has 0 radical (unpaired) electrons. The molecule has 1 N–H and O–H groups in total. The first-order chi connectivity index (χ1) is 11.0. The van der Waals surface area contributed by atoms with Crippen LogP contribution in [0.25, 0.3) is 0 Å². The highest BCUT2D eigenvalue weighted by molar-refractivity contribution is 7.07. The van der Waals surface area contributed by atoms with Crippen molar-refractivity contribution in [3.8, 4) is 0 Å². The molecule has 3 heterocycles. The molecule has 3 rings (SSSR count). The Labute approximate surface area is 140 Å². The van der Waals surface area contributed by atoms with Gasteiger partial charge >= 0.3 is 0 Å². The van der Waals surface area contributed by atoms with E-state index in [1.165, 1.54) is 0 Å². The van der Waals surface area contributed by atoms with Crippen molar-refractivity contribution < 1.29 is 14.7 Å². The minimum absolute atomic E-state index is 0.0180. The monoisotopic (exact) mass is 337 g/mol. The quantitative estimate of drug-likeness (QED) is 0.845. The average molecular weight is 337 g/mol. The van der Waals surface area contributed by atoms with E-state index in [0.717, 1.165) is 18.7 Å². The van der Waals surface area contributed by atoms with Gasteiger partial charge < -0.3 is 14.9 Å². The highest BCUT2D eigenvalue weighted by Gasteiger charge is 2.38. The van der Waals surface area contributed by atoms with Gasteiger partial charge in [-0.05, 0) is 22.4 Å². The highest BCUT2D eigenvalue weighted by Crippen LogP contribution is 2.20. The molecule has 0 spiro atoms. The van der Waals surface area contributed by atoms with Gasteiger partial charge in [-0.25, -0.2) is 0 Å². The van der Waals surface area contributed by atoms with Gasteiger partial charge in [-0.2, -0.15) is 11.3 Å². The Morgan fingerprint density at radius 3 is 2.57 bits per heavy atom. The number of aliphatic hydroxyl groups excluding tert-OH is 1. The summed E-state index contributed by atoms with van der Waals surface area (Å²) in [5.41, 5.74) is 1.04. The molecule has 0 aromatic carbocycles. The van der Waals surface area contributed by atoms with Crippen LogP contribution in [0.1, 0.15) is 12.5 Å². The number of nitrogens with zero attached hydrogens (tertiary/aromatic N) is 3. The molecule has 0 bridgehead atoms. The normalized spacial score (nSPS) is 25.8. The molecule has 126 valence electrons. The predicted octanol–water partition coefficient (Wildman–Crippen LogP) is 0.0264. The largest absolute Gasteiger partial charge is 0.390 e. The number of β-amino-alcohol motifs (C(OH)–C–C–N with tert-alkyl or cyclic N) is 1. The van der Waals surface area contributed by atoms with Gasteiger partial charge in [0.15, 0.2) is 0 Å². The molecule has 0 unspecified atom stereocenters. The van der Waals surface area contributed by atoms with E-state index in [1.807, 2.05) is 21.7 Å². The van der Waals surface area contributed by atoms with E-state index in [-0.39, 0.29) is 17.9 Å². The Morgan fingerprint density at radius 2 is 1.96 bits per heavy atom. The minimum atomic E-state index is -0.509. The van der Waals surface area contributed by atoms with Crippen LogP contribution in [0.5, 0.6) is 0 Å². The zero-order valence-corrected chi connectivity index (χ0v) is 14.2. The number of piperazine rings is 1. The van der Waals surface area contributed by atoms with Crippen molar-refractivity contribution in [3.05, 3.63) is 22.4 Å². The van der Waals surface area contributed by atoms with Gasteiger partial charge in [0, 0.05) is 46.2 Å². The van der Waals surface area contributed by atoms with E-state index >= 15 is 0 Å². The van der Waals surface area contributed by atoms with Gasteiger partial charge in [0.05, 0.1) is 18.6 Å². The van der Waals surface area contributed by atoms with E-state index in [0.29, 0.717) is 32.6 Å². The van der Waals surface area contributed by atoms with Crippen LogP contribution in [-0.4, -0.2) is 83.0 Å². The third-order valence-electron chi connectivity index (χ3n) is 4.78. The zero-order valence-electron chi connectivity index (χ0n) is 13.4. The van der Waals surface area contributed by atoms with Gasteiger partial charge in [-0.1, -0.05) is 0 Å². The molecule has 23 heavy (non-hydrogen) atoms. The van der Waals surface area contributed by atoms with Crippen LogP contribution < -0.4 is 0 Å². The van der Waals surface area contributed by atoms with Crippen molar-refractivity contribution in [3.63, 3.8) is 0 Å². The lowest BCUT2D eigenvalue weighted by Crippen LogP contribution is -2.54. The molecule has 6 nitrogen and oxygen atoms in total. The second kappa shape index (κ2) is 6.98. The zero-order chi connectivity index (χ0) is 16.4. The predicted molar refractivity (Wildman–Crippen MR) is 88.2 cm³/mol. The Hall–Kier alpha value is -1.44. The number of carbonyl (C=O) groups excluding carboxylic acids is 2. The lowest BCUT2D eigenvalue weighted by Gasteiger charge is -2.38. The van der Waals surface area contributed by atoms with Gasteiger partial charge in [0.25, 0.3) is 0 Å². The van der Waals surface area contributed by atoms with Crippen LogP contribution in [-0.2, 0) is 16.0 Å². The molecule has 2 atom stereocenters. The molecule has 7 heteroatoms. The number of likely N-dealkylation sites (tertiary alicyclic amines) is 1. The molecular formula is C16H23N3O3S. The fourth-order valence-corrected chi connectivity index (χ4v) is 4.05. The van der Waals surface area contributed by atoms with Crippen molar-refractivity contribution in [2.24, 2.45) is 0 Å². The Morgan fingerprint density at radius 1 is 1.22 bits per heavy atom. The number of carbonyl (C=O) groups is 2. The number of thiophene rings is 1. The highest BCUT2D eigenvalue weighted by atomic mass is 32.1. The van der Waals surface area contributed by atoms with E-state index in [2.05, 4.69) is 4.90 Å². The van der Waals surface area contributed by atoms with Crippen LogP contribution in [0.2, 0.25) is 0 Å². The van der Waals surface area contributed by atoms with E-state index in [1.54, 1.807) is 23.2 Å². The lowest BCUT2D eigenvalue weighted by molar-refractivity contribution is -0.131. The molecule has 0 aliphatic carbocycles. The summed E-state index contributed by atoms with van der Waals surface area (Å²) in [6, 6.07) is 1.95. The molecule has 2 aliphatic rings. The van der Waals surface area contributed by atoms with Crippen molar-refractivity contribution in [2.45, 2.75) is 25.5 Å². The summed E-state index contributed by atoms with van der Waals surface area (Å²) >= 11 is 1.59. The van der Waals surface area contributed by atoms with Crippen LogP contribution in [0.15, 0.2) is 16.8 Å². The second-order valence-electron chi connectivity index (χ2n) is 6.28. The fourth-order valence-electron chi connectivity index (χ4n) is 3.38. The third-order valence-corrected chi connectivity index (χ3v) is 5.51. The maximum absolute atomic E-state index is 12.4. The summed E-state index contributed by atoms with van der Waals surface area (Å²) in [5, 5.41) is 14.3. The maximum Gasteiger partial charge on any atom is 0.227 e. The summed E-state index contributed by atoms with van der Waals surface area (Å²) in [4.78, 5) is 29.6. The smallest absolute Gasteiger partial charge is 0.227 e. The number of hydrogen-bond donors (Lipinski definition) is 1. The Kier molecular flexibility index (Phi) is 4.99. The van der Waals surface area contributed by atoms with Crippen molar-refractivity contribution in [2.75, 3.05) is 39.3 Å². The Balaban J connectivity index is 1.54. The SMILES string of the molecule is CC(=O)N1CCN([C@@H]2CN(C(=O)Cc3ccsc3)C[C@H]2O)CC1. The lowest BCUT2D eigenvalue weighted by atomic mass is 10.1. The molecule has 2 aliphatic heterocycles. The molecular weight excluding hydrogens is 314 g/mol. The molecule has 1 aromatic rings. The number of hydrogen-bond acceptors (Lipinski definition) is 5. The Bertz CT molecular complexity index is 555. The maximum atomic E-state index is 12.4. The van der Waals surface area contributed by atoms with E-state index in [9.17, 15) is 14.7 Å². The molecule has 2 amide bonds. The van der Waals surface area contributed by atoms with Crippen LogP contribution in [0, 0.1) is 0 Å².